The summed E-state index contributed by atoms with van der Waals surface area (Å²) in [6.07, 6.45) is 17.8. The molecule has 7 heteroatoms. The second-order valence-electron chi connectivity index (χ2n) is 20.7. The predicted molar refractivity (Wildman–Crippen MR) is 284 cm³/mol. The van der Waals surface area contributed by atoms with E-state index in [4.69, 9.17) is 15.4 Å². The molecule has 2 aliphatic carbocycles. The summed E-state index contributed by atoms with van der Waals surface area (Å²) in [6, 6.07) is 21.0. The first-order valence-corrected chi connectivity index (χ1v) is 25.6. The molecule has 0 bridgehead atoms. The molecule has 0 spiro atoms. The minimum Gasteiger partial charge on any atom is -0.661 e. The maximum atomic E-state index is 5.22. The summed E-state index contributed by atoms with van der Waals surface area (Å²) >= 11 is 0. The number of benzene rings is 3. The maximum absolute atomic E-state index is 5.22. The van der Waals surface area contributed by atoms with Crippen LogP contribution in [0.3, 0.4) is 0 Å². The van der Waals surface area contributed by atoms with Crippen molar-refractivity contribution < 1.29 is 14.7 Å². The average molecular weight is 914 g/mol. The molecule has 3 N–H and O–H groups in total. The zero-order chi connectivity index (χ0) is 46.8. The van der Waals surface area contributed by atoms with Gasteiger partial charge in [-0.1, -0.05) is 194 Å². The van der Waals surface area contributed by atoms with Crippen molar-refractivity contribution in [2.24, 2.45) is 0 Å². The summed E-state index contributed by atoms with van der Waals surface area (Å²) < 4.78 is 4.94. The van der Waals surface area contributed by atoms with Crippen LogP contribution in [0.1, 0.15) is 243 Å². The van der Waals surface area contributed by atoms with Gasteiger partial charge in [0.05, 0.1) is 6.04 Å². The fraction of sp³-hybridized carbons (Fsp3) is 0.621. The summed E-state index contributed by atoms with van der Waals surface area (Å²) in [4.78, 5) is 7.54. The molecular formula is C58H91CaN5O+2. The van der Waals surface area contributed by atoms with Crippen LogP contribution in [0.15, 0.2) is 66.4 Å². The summed E-state index contributed by atoms with van der Waals surface area (Å²) in [5.74, 6) is 3.83. The van der Waals surface area contributed by atoms with Crippen molar-refractivity contribution in [2.75, 3.05) is 18.5 Å². The van der Waals surface area contributed by atoms with Crippen molar-refractivity contribution in [3.63, 3.8) is 0 Å². The van der Waals surface area contributed by atoms with Crippen LogP contribution in [-0.2, 0) is 4.74 Å². The van der Waals surface area contributed by atoms with Gasteiger partial charge in [0.1, 0.15) is 0 Å². The second kappa shape index (κ2) is 29.3. The van der Waals surface area contributed by atoms with Crippen LogP contribution in [0.25, 0.3) is 10.6 Å². The van der Waals surface area contributed by atoms with Crippen LogP contribution in [0.2, 0.25) is 0 Å². The third kappa shape index (κ3) is 18.4. The molecule has 3 aromatic carbocycles. The summed E-state index contributed by atoms with van der Waals surface area (Å²) in [7, 11) is 0. The van der Waals surface area contributed by atoms with Crippen molar-refractivity contribution >= 4 is 66.5 Å². The van der Waals surface area contributed by atoms with Crippen molar-refractivity contribution in [3.05, 3.63) is 110 Å². The Labute approximate surface area is 428 Å². The number of ether oxygens (including phenoxy) is 1. The van der Waals surface area contributed by atoms with Crippen molar-refractivity contribution in [1.82, 2.24) is 0 Å². The van der Waals surface area contributed by atoms with Gasteiger partial charge in [0.2, 0.25) is 5.69 Å². The number of rotatable bonds is 13. The zero-order valence-electron chi connectivity index (χ0n) is 43.8. The van der Waals surface area contributed by atoms with E-state index in [2.05, 4.69) is 173 Å². The first kappa shape index (κ1) is 56.7. The van der Waals surface area contributed by atoms with Crippen LogP contribution in [0, 0.1) is 0 Å². The number of anilines is 1. The number of hydrogen-bond acceptors (Lipinski definition) is 1. The molecular weight excluding hydrogens is 823 g/mol. The molecule has 6 rings (SSSR count). The molecule has 1 aliphatic heterocycles. The van der Waals surface area contributed by atoms with Crippen LogP contribution >= 0.6 is 0 Å². The van der Waals surface area contributed by atoms with Crippen LogP contribution in [0.5, 0.6) is 0 Å². The van der Waals surface area contributed by atoms with E-state index in [1.807, 2.05) is 0 Å². The Kier molecular flexibility index (Phi) is 25.5. The van der Waals surface area contributed by atoms with Gasteiger partial charge in [-0.25, -0.2) is 10.3 Å². The van der Waals surface area contributed by atoms with E-state index in [1.54, 1.807) is 0 Å². The van der Waals surface area contributed by atoms with Crippen molar-refractivity contribution in [3.8, 4) is 0 Å². The summed E-state index contributed by atoms with van der Waals surface area (Å²) in [6.45, 7) is 33.4. The van der Waals surface area contributed by atoms with E-state index in [1.165, 1.54) is 122 Å². The number of nitrogens with one attached hydrogen (secondary N) is 3. The van der Waals surface area contributed by atoms with Crippen LogP contribution in [-0.4, -0.2) is 74.7 Å². The SMILES string of the molecule is C1CCOC1.CC(/C=C(/C)[N-]c1c(C(C)C)cccc1C(C)C)=[NH+]c1c(C(C)C)cccc1C(C)C.CC(C)c1cccc(C(C)C)c1NC([N-]C1CCCCC1)=[NH+]C1CCCCC1.[Ca+2]. The Hall–Kier alpha value is -2.64. The zero-order valence-corrected chi connectivity index (χ0v) is 46.0. The maximum Gasteiger partial charge on any atom is 2.00 e. The van der Waals surface area contributed by atoms with E-state index < -0.39 is 0 Å². The number of allylic oxidation sites excluding steroid dienone is 2. The molecule has 2 saturated carbocycles. The largest absolute Gasteiger partial charge is 2.00 e. The minimum atomic E-state index is 0. The van der Waals surface area contributed by atoms with Crippen LogP contribution in [0.4, 0.5) is 17.1 Å². The van der Waals surface area contributed by atoms with Gasteiger partial charge in [-0.15, -0.1) is 5.69 Å². The molecule has 0 radical (unpaired) electrons. The Balaban J connectivity index is 0.000000307. The summed E-state index contributed by atoms with van der Waals surface area (Å²) in [5, 5.41) is 14.1. The molecule has 1 saturated heterocycles. The normalized spacial score (nSPS) is 16.7. The Morgan fingerprint density at radius 2 is 0.985 bits per heavy atom. The molecule has 65 heavy (non-hydrogen) atoms. The smallest absolute Gasteiger partial charge is 0.661 e. The molecule has 1 heterocycles. The van der Waals surface area contributed by atoms with Gasteiger partial charge in [0.25, 0.3) is 0 Å². The molecule has 0 atom stereocenters. The molecule has 0 aromatic heterocycles. The Morgan fingerprint density at radius 3 is 1.40 bits per heavy atom. The fourth-order valence-electron chi connectivity index (χ4n) is 9.35. The minimum absolute atomic E-state index is 0. The molecule has 3 aromatic rings. The van der Waals surface area contributed by atoms with E-state index in [0.717, 1.165) is 36.3 Å². The van der Waals surface area contributed by atoms with Gasteiger partial charge in [0.15, 0.2) is 11.7 Å². The van der Waals surface area contributed by atoms with Crippen molar-refractivity contribution in [1.29, 1.82) is 0 Å². The topological polar surface area (TPSA) is 77.4 Å². The first-order valence-electron chi connectivity index (χ1n) is 25.6. The molecule has 0 amide bonds. The molecule has 0 unspecified atom stereocenters. The van der Waals surface area contributed by atoms with Crippen LogP contribution < -0.4 is 15.3 Å². The monoisotopic (exact) mass is 914 g/mol. The van der Waals surface area contributed by atoms with E-state index >= 15 is 0 Å². The third-order valence-electron chi connectivity index (χ3n) is 13.0. The second-order valence-corrected chi connectivity index (χ2v) is 20.7. The van der Waals surface area contributed by atoms with Gasteiger partial charge < -0.3 is 20.4 Å². The number of hydrogen-bond donors (Lipinski definition) is 3. The average Bonchev–Trinajstić information content (AvgIpc) is 3.85. The molecule has 3 fully saturated rings. The summed E-state index contributed by atoms with van der Waals surface area (Å²) in [5.41, 5.74) is 14.0. The van der Waals surface area contributed by atoms with Gasteiger partial charge in [-0.3, -0.25) is 0 Å². The number of nitrogens with zero attached hydrogens (tertiary/aromatic N) is 2. The van der Waals surface area contributed by atoms with Crippen molar-refractivity contribution in [2.45, 2.75) is 222 Å². The van der Waals surface area contributed by atoms with E-state index in [0.29, 0.717) is 47.6 Å². The fourth-order valence-corrected chi connectivity index (χ4v) is 9.35. The molecule has 3 aliphatic rings. The number of guanidine groups is 1. The van der Waals surface area contributed by atoms with E-state index in [9.17, 15) is 0 Å². The standard InChI is InChI=1S/C29H41N2.C25H40N3.C4H8O.Ca/c1-18(2)24-13-11-14-25(19(3)4)28(24)30-22(9)17-23(10)31-29-26(20(5)6)15-12-16-27(29)21(7)8;1-18(2)22-16-11-17-23(19(3)4)24(22)28-25(26-20-12-7-5-8-13-20)27-21-14-9-6-10-15-21;1-2-4-5-3-1;/h11-21H,1-10H3;11,16-21H,5-10,12-15H2,1-4H3,(H-,26,27,28);1-4H2;/q2*-1;;+2/p+2/b22-17-,31-23?;;;. The van der Waals surface area contributed by atoms with E-state index in [-0.39, 0.29) is 37.7 Å². The number of para-hydroxylation sites is 3. The molecule has 354 valence electrons. The van der Waals surface area contributed by atoms with Gasteiger partial charge in [-0.05, 0) is 91.2 Å². The van der Waals surface area contributed by atoms with Gasteiger partial charge in [0, 0.05) is 43.0 Å². The van der Waals surface area contributed by atoms with Gasteiger partial charge in [-0.2, -0.15) is 5.70 Å². The molecule has 6 nitrogen and oxygen atoms in total. The first-order chi connectivity index (χ1) is 30.6. The predicted octanol–water partition coefficient (Wildman–Crippen LogP) is 14.2. The quantitative estimate of drug-likeness (QED) is 0.0907. The van der Waals surface area contributed by atoms with Gasteiger partial charge >= 0.3 is 37.7 Å². The Bertz CT molecular complexity index is 1850. The Morgan fingerprint density at radius 1 is 0.569 bits per heavy atom. The third-order valence-corrected chi connectivity index (χ3v) is 13.0.